The Balaban J connectivity index is 1.52. The van der Waals surface area contributed by atoms with E-state index in [0.29, 0.717) is 5.82 Å². The molecule has 0 saturated heterocycles. The van der Waals surface area contributed by atoms with E-state index < -0.39 is 0 Å². The van der Waals surface area contributed by atoms with Gasteiger partial charge in [0.15, 0.2) is 11.6 Å². The standard InChI is InChI=1S/C20H21N11S/c1-4-14-19-28-26-11(2)30(19)15-9-22-17(13-8-23-27-16(13)20-21-5-6-32-20)25-18(15)31(14)12-7-24-29(3)10-12/h5-10,13-14,16,27H,4H2,1-3H3. The zero-order valence-corrected chi connectivity index (χ0v) is 18.6. The van der Waals surface area contributed by atoms with Crippen molar-refractivity contribution >= 4 is 29.1 Å². The van der Waals surface area contributed by atoms with Crippen molar-refractivity contribution in [2.75, 3.05) is 4.90 Å². The molecule has 0 amide bonds. The van der Waals surface area contributed by atoms with E-state index in [9.17, 15) is 0 Å². The summed E-state index contributed by atoms with van der Waals surface area (Å²) >= 11 is 1.59. The number of hydrazone groups is 1. The molecular formula is C20H21N11S. The van der Waals surface area contributed by atoms with E-state index >= 15 is 0 Å². The highest BCUT2D eigenvalue weighted by Gasteiger charge is 2.38. The Hall–Kier alpha value is -3.67. The SMILES string of the molecule is CCC1c2nnc(C)n2-c2cnc(C3C=NNC3c3nccs3)nc2N1c1cnn(C)c1. The summed E-state index contributed by atoms with van der Waals surface area (Å²) in [5.74, 6) is 3.07. The molecule has 4 aromatic heterocycles. The van der Waals surface area contributed by atoms with Crippen LogP contribution in [-0.2, 0) is 7.05 Å². The van der Waals surface area contributed by atoms with Gasteiger partial charge in [0.05, 0.1) is 30.0 Å². The van der Waals surface area contributed by atoms with Gasteiger partial charge < -0.3 is 4.90 Å². The molecule has 6 rings (SSSR count). The van der Waals surface area contributed by atoms with Gasteiger partial charge in [-0.25, -0.2) is 15.0 Å². The molecule has 162 valence electrons. The lowest BCUT2D eigenvalue weighted by atomic mass is 10.0. The van der Waals surface area contributed by atoms with Crippen LogP contribution in [-0.4, -0.2) is 45.7 Å². The molecule has 4 aromatic rings. The summed E-state index contributed by atoms with van der Waals surface area (Å²) in [5, 5.41) is 20.5. The van der Waals surface area contributed by atoms with Crippen molar-refractivity contribution in [2.45, 2.75) is 38.3 Å². The minimum atomic E-state index is -0.120. The smallest absolute Gasteiger partial charge is 0.162 e. The Bertz CT molecular complexity index is 1310. The molecule has 32 heavy (non-hydrogen) atoms. The van der Waals surface area contributed by atoms with Crippen LogP contribution < -0.4 is 10.3 Å². The zero-order valence-electron chi connectivity index (χ0n) is 17.8. The summed E-state index contributed by atoms with van der Waals surface area (Å²) in [6.45, 7) is 4.09. The number of nitrogens with one attached hydrogen (secondary N) is 1. The van der Waals surface area contributed by atoms with E-state index in [4.69, 9.17) is 9.97 Å². The second-order valence-electron chi connectivity index (χ2n) is 7.83. The summed E-state index contributed by atoms with van der Waals surface area (Å²) in [7, 11) is 1.91. The third kappa shape index (κ3) is 2.75. The van der Waals surface area contributed by atoms with Gasteiger partial charge in [0.2, 0.25) is 0 Å². The fraction of sp³-hybridized carbons (Fsp3) is 0.350. The number of rotatable bonds is 4. The van der Waals surface area contributed by atoms with E-state index in [1.54, 1.807) is 22.2 Å². The van der Waals surface area contributed by atoms with E-state index in [2.05, 4.69) is 47.2 Å². The fourth-order valence-corrected chi connectivity index (χ4v) is 5.14. The van der Waals surface area contributed by atoms with Crippen LogP contribution in [0.1, 0.15) is 53.8 Å². The molecule has 11 nitrogen and oxygen atoms in total. The topological polar surface area (TPSA) is 115 Å². The monoisotopic (exact) mass is 447 g/mol. The number of hydrogen-bond donors (Lipinski definition) is 1. The molecule has 0 saturated carbocycles. The van der Waals surface area contributed by atoms with Gasteiger partial charge in [-0.1, -0.05) is 6.92 Å². The molecule has 0 bridgehead atoms. The molecule has 3 atom stereocenters. The minimum Gasteiger partial charge on any atom is -0.311 e. The molecule has 0 spiro atoms. The number of anilines is 2. The maximum absolute atomic E-state index is 5.09. The maximum Gasteiger partial charge on any atom is 0.162 e. The Morgan fingerprint density at radius 3 is 2.84 bits per heavy atom. The molecule has 6 heterocycles. The molecule has 0 aliphatic carbocycles. The van der Waals surface area contributed by atoms with Gasteiger partial charge in [-0.15, -0.1) is 21.5 Å². The molecule has 1 N–H and O–H groups in total. The largest absolute Gasteiger partial charge is 0.311 e. The Morgan fingerprint density at radius 2 is 2.09 bits per heavy atom. The first kappa shape index (κ1) is 19.0. The van der Waals surface area contributed by atoms with Crippen LogP contribution in [0.15, 0.2) is 35.3 Å². The number of aromatic nitrogens is 8. The predicted molar refractivity (Wildman–Crippen MR) is 119 cm³/mol. The van der Waals surface area contributed by atoms with Gasteiger partial charge in [-0.2, -0.15) is 10.2 Å². The second kappa shape index (κ2) is 7.19. The van der Waals surface area contributed by atoms with Crippen molar-refractivity contribution in [1.29, 1.82) is 0 Å². The fourth-order valence-electron chi connectivity index (χ4n) is 4.41. The maximum atomic E-state index is 5.09. The lowest BCUT2D eigenvalue weighted by Gasteiger charge is -2.36. The van der Waals surface area contributed by atoms with Crippen LogP contribution in [0.3, 0.4) is 0 Å². The summed E-state index contributed by atoms with van der Waals surface area (Å²) in [5.41, 5.74) is 4.97. The molecule has 0 radical (unpaired) electrons. The van der Waals surface area contributed by atoms with E-state index in [1.165, 1.54) is 0 Å². The quantitative estimate of drug-likeness (QED) is 0.508. The molecule has 2 aliphatic heterocycles. The van der Waals surface area contributed by atoms with Crippen LogP contribution in [0.5, 0.6) is 0 Å². The summed E-state index contributed by atoms with van der Waals surface area (Å²) in [4.78, 5) is 16.5. The predicted octanol–water partition coefficient (Wildman–Crippen LogP) is 2.57. The van der Waals surface area contributed by atoms with Crippen molar-refractivity contribution in [3.63, 3.8) is 0 Å². The van der Waals surface area contributed by atoms with Gasteiger partial charge in [-0.3, -0.25) is 14.7 Å². The van der Waals surface area contributed by atoms with Crippen LogP contribution in [0.25, 0.3) is 5.69 Å². The average Bonchev–Trinajstić information content (AvgIpc) is 3.59. The third-order valence-electron chi connectivity index (χ3n) is 5.88. The van der Waals surface area contributed by atoms with Crippen molar-refractivity contribution in [3.8, 4) is 5.69 Å². The summed E-state index contributed by atoms with van der Waals surface area (Å²) in [6, 6.07) is -0.113. The third-order valence-corrected chi connectivity index (χ3v) is 6.74. The molecule has 2 aliphatic rings. The highest BCUT2D eigenvalue weighted by molar-refractivity contribution is 7.09. The molecule has 3 unspecified atom stereocenters. The van der Waals surface area contributed by atoms with Gasteiger partial charge >= 0.3 is 0 Å². The van der Waals surface area contributed by atoms with Crippen LogP contribution >= 0.6 is 11.3 Å². The van der Waals surface area contributed by atoms with E-state index in [-0.39, 0.29) is 18.0 Å². The molecular weight excluding hydrogens is 426 g/mol. The Labute approximate surface area is 187 Å². The van der Waals surface area contributed by atoms with Crippen LogP contribution in [0, 0.1) is 6.92 Å². The molecule has 0 fully saturated rings. The first-order chi connectivity index (χ1) is 15.7. The van der Waals surface area contributed by atoms with Gasteiger partial charge in [0.1, 0.15) is 28.4 Å². The van der Waals surface area contributed by atoms with E-state index in [0.717, 1.165) is 40.3 Å². The Morgan fingerprint density at radius 1 is 1.19 bits per heavy atom. The van der Waals surface area contributed by atoms with Crippen molar-refractivity contribution in [1.82, 2.24) is 44.9 Å². The molecule has 12 heteroatoms. The Kier molecular flexibility index (Phi) is 4.28. The van der Waals surface area contributed by atoms with Crippen molar-refractivity contribution in [2.24, 2.45) is 12.1 Å². The van der Waals surface area contributed by atoms with Gasteiger partial charge in [0, 0.05) is 31.0 Å². The zero-order chi connectivity index (χ0) is 21.8. The number of nitrogens with zero attached hydrogens (tertiary/aromatic N) is 10. The highest BCUT2D eigenvalue weighted by atomic mass is 32.1. The highest BCUT2D eigenvalue weighted by Crippen LogP contribution is 2.44. The summed E-state index contributed by atoms with van der Waals surface area (Å²) in [6.07, 6.45) is 10.2. The average molecular weight is 448 g/mol. The first-order valence-electron chi connectivity index (χ1n) is 10.4. The normalized spacial score (nSPS) is 21.5. The van der Waals surface area contributed by atoms with Crippen LogP contribution in [0.4, 0.5) is 11.5 Å². The number of fused-ring (bicyclic) bond motifs is 3. The first-order valence-corrected chi connectivity index (χ1v) is 11.3. The lowest BCUT2D eigenvalue weighted by Crippen LogP contribution is -2.33. The number of thiazole rings is 1. The van der Waals surface area contributed by atoms with Gasteiger partial charge in [0.25, 0.3) is 0 Å². The number of aryl methyl sites for hydroxylation is 2. The van der Waals surface area contributed by atoms with Crippen molar-refractivity contribution < 1.29 is 0 Å². The van der Waals surface area contributed by atoms with Crippen LogP contribution in [0.2, 0.25) is 0 Å². The minimum absolute atomic E-state index is 0.0271. The summed E-state index contributed by atoms with van der Waals surface area (Å²) < 4.78 is 3.85. The lowest BCUT2D eigenvalue weighted by molar-refractivity contribution is 0.548. The second-order valence-corrected chi connectivity index (χ2v) is 8.75. The van der Waals surface area contributed by atoms with Gasteiger partial charge in [-0.05, 0) is 13.3 Å². The number of hydrogen-bond acceptors (Lipinski definition) is 10. The van der Waals surface area contributed by atoms with E-state index in [1.807, 2.05) is 44.2 Å². The molecule has 0 aromatic carbocycles. The van der Waals surface area contributed by atoms with Crippen molar-refractivity contribution in [3.05, 3.63) is 52.6 Å².